The molecule has 0 saturated carbocycles. The minimum absolute atomic E-state index is 0.0675. The maximum atomic E-state index is 14.8. The fraction of sp³-hybridized carbons (Fsp3) is 0.263. The van der Waals surface area contributed by atoms with E-state index < -0.39 is 26.9 Å². The number of halogens is 2. The molecule has 0 bridgehead atoms. The van der Waals surface area contributed by atoms with Crippen LogP contribution < -0.4 is 4.90 Å². The topological polar surface area (TPSA) is 74.8 Å². The number of nitrogens with zero attached hydrogens (tertiary/aromatic N) is 4. The minimum Gasteiger partial charge on any atom is -0.309 e. The molecule has 3 aromatic heterocycles. The van der Waals surface area contributed by atoms with E-state index in [1.807, 2.05) is 46.6 Å². The van der Waals surface area contributed by atoms with Gasteiger partial charge in [0.25, 0.3) is 0 Å². The van der Waals surface area contributed by atoms with Crippen LogP contribution in [-0.4, -0.2) is 102 Å². The van der Waals surface area contributed by atoms with Crippen LogP contribution >= 0.6 is 11.6 Å². The van der Waals surface area contributed by atoms with Crippen LogP contribution in [0.2, 0.25) is 20.9 Å². The molecule has 1 saturated heterocycles. The number of aromatic amines is 1. The molecule has 1 aliphatic rings. The number of hydrogen-bond donors (Lipinski definition) is 1. The van der Waals surface area contributed by atoms with Gasteiger partial charge in [-0.25, -0.2) is 9.37 Å². The first-order valence-electron chi connectivity index (χ1n) is 12.1. The molecule has 36 heavy (non-hydrogen) atoms. The number of carbonyl (C=O) groups excluding carboxylic acids is 1. The lowest BCUT2D eigenvalue weighted by molar-refractivity contribution is -0.124. The van der Waals surface area contributed by atoms with Crippen LogP contribution in [0.1, 0.15) is 5.56 Å². The van der Waals surface area contributed by atoms with Crippen molar-refractivity contribution in [2.24, 2.45) is 0 Å². The SMILES string of the molecule is BC(B)(c1cnc(Cl)c(F)c1)C1(B)C(=O)N(c2cc(-c3ccncc3)n[nH]2)C(B)(B)C(B)(B)C1(B)B. The van der Waals surface area contributed by atoms with Gasteiger partial charge in [0.2, 0.25) is 5.91 Å². The molecule has 0 aliphatic carbocycles. The van der Waals surface area contributed by atoms with Crippen LogP contribution in [0.25, 0.3) is 11.3 Å². The van der Waals surface area contributed by atoms with E-state index in [-0.39, 0.29) is 16.3 Å². The molecule has 0 radical (unpaired) electrons. The van der Waals surface area contributed by atoms with Crippen molar-refractivity contribution in [1.29, 1.82) is 0 Å². The smallest absolute Gasteiger partial charge is 0.223 e. The molecule has 3 aromatic rings. The zero-order valence-electron chi connectivity index (χ0n) is 22.5. The summed E-state index contributed by atoms with van der Waals surface area (Å²) in [7, 11) is 18.8. The van der Waals surface area contributed by atoms with E-state index in [4.69, 9.17) is 11.6 Å². The number of pyridine rings is 2. The Kier molecular flexibility index (Phi) is 6.26. The zero-order valence-corrected chi connectivity index (χ0v) is 23.3. The van der Waals surface area contributed by atoms with Gasteiger partial charge >= 0.3 is 0 Å². The number of piperidine rings is 1. The summed E-state index contributed by atoms with van der Waals surface area (Å²) < 4.78 is 14.6. The van der Waals surface area contributed by atoms with Gasteiger partial charge in [-0.05, 0) is 29.1 Å². The monoisotopic (exact) mass is 493 g/mol. The quantitative estimate of drug-likeness (QED) is 0.292. The maximum absolute atomic E-state index is 14.8. The first-order valence-corrected chi connectivity index (χ1v) is 12.5. The zero-order chi connectivity index (χ0) is 26.9. The summed E-state index contributed by atoms with van der Waals surface area (Å²) in [5, 5.41) is 4.18. The molecular formula is C19H26B9ClFN5O. The van der Waals surface area contributed by atoms with Crippen molar-refractivity contribution >= 4 is 93.9 Å². The predicted molar refractivity (Wildman–Crippen MR) is 168 cm³/mol. The number of hydrogen-bond acceptors (Lipinski definition) is 4. The van der Waals surface area contributed by atoms with E-state index in [9.17, 15) is 9.18 Å². The fourth-order valence-electron chi connectivity index (χ4n) is 6.02. The van der Waals surface area contributed by atoms with E-state index in [1.54, 1.807) is 18.6 Å². The van der Waals surface area contributed by atoms with Crippen molar-refractivity contribution in [2.75, 3.05) is 4.90 Å². The average Bonchev–Trinajstić information content (AvgIpc) is 3.29. The summed E-state index contributed by atoms with van der Waals surface area (Å²) in [6.45, 7) is 0. The molecule has 0 spiro atoms. The third kappa shape index (κ3) is 3.42. The summed E-state index contributed by atoms with van der Waals surface area (Å²) in [5.41, 5.74) is 2.25. The second kappa shape index (κ2) is 8.40. The molecule has 4 rings (SSSR count). The molecule has 6 nitrogen and oxygen atoms in total. The molecule has 1 atom stereocenters. The number of carbonyl (C=O) groups is 1. The molecule has 174 valence electrons. The third-order valence-electron chi connectivity index (χ3n) is 10.1. The van der Waals surface area contributed by atoms with Crippen molar-refractivity contribution < 1.29 is 9.18 Å². The maximum Gasteiger partial charge on any atom is 0.223 e. The number of anilines is 1. The predicted octanol–water partition coefficient (Wildman–Crippen LogP) is -5.40. The van der Waals surface area contributed by atoms with Crippen LogP contribution in [-0.2, 0) is 10.0 Å². The van der Waals surface area contributed by atoms with Crippen LogP contribution in [0.15, 0.2) is 42.9 Å². The van der Waals surface area contributed by atoms with E-state index in [0.717, 1.165) is 11.3 Å². The van der Waals surface area contributed by atoms with Crippen molar-refractivity contribution in [3.63, 3.8) is 0 Å². The Hall–Kier alpha value is -2.22. The highest BCUT2D eigenvalue weighted by atomic mass is 35.5. The summed E-state index contributed by atoms with van der Waals surface area (Å²) in [5.74, 6) is -0.0520. The van der Waals surface area contributed by atoms with Gasteiger partial charge in [-0.1, -0.05) is 27.2 Å². The molecule has 17 heteroatoms. The highest BCUT2D eigenvalue weighted by Crippen LogP contribution is 2.71. The Bertz CT molecular complexity index is 1340. The van der Waals surface area contributed by atoms with Gasteiger partial charge < -0.3 is 4.90 Å². The Labute approximate surface area is 224 Å². The Balaban J connectivity index is 1.93. The van der Waals surface area contributed by atoms with E-state index >= 15 is 0 Å². The Morgan fingerprint density at radius 3 is 2.19 bits per heavy atom. The third-order valence-corrected chi connectivity index (χ3v) is 10.4. The molecule has 4 heterocycles. The van der Waals surface area contributed by atoms with Gasteiger partial charge in [0.15, 0.2) is 11.0 Å². The minimum atomic E-state index is -0.969. The van der Waals surface area contributed by atoms with Crippen LogP contribution in [0.4, 0.5) is 10.2 Å². The fourth-order valence-corrected chi connectivity index (χ4v) is 6.12. The van der Waals surface area contributed by atoms with Gasteiger partial charge in [0.1, 0.15) is 45.0 Å². The van der Waals surface area contributed by atoms with Crippen molar-refractivity contribution in [1.82, 2.24) is 20.2 Å². The van der Waals surface area contributed by atoms with Gasteiger partial charge in [-0.15, -0.1) is 0 Å². The normalized spacial score (nSPS) is 22.8. The average molecular weight is 492 g/mol. The molecule has 0 aromatic carbocycles. The van der Waals surface area contributed by atoms with Crippen LogP contribution in [0, 0.1) is 5.82 Å². The highest BCUT2D eigenvalue weighted by molar-refractivity contribution is 6.69. The molecule has 1 aliphatic heterocycles. The molecule has 1 unspecified atom stereocenters. The van der Waals surface area contributed by atoms with Gasteiger partial charge in [-0.2, -0.15) is 5.10 Å². The largest absolute Gasteiger partial charge is 0.309 e. The highest BCUT2D eigenvalue weighted by Gasteiger charge is 2.69. The summed E-state index contributed by atoms with van der Waals surface area (Å²) in [6, 6.07) is 7.07. The van der Waals surface area contributed by atoms with Crippen LogP contribution in [0.5, 0.6) is 0 Å². The van der Waals surface area contributed by atoms with Crippen LogP contribution in [0.3, 0.4) is 0 Å². The lowest BCUT2D eigenvalue weighted by atomic mass is 9.08. The lowest BCUT2D eigenvalue weighted by Gasteiger charge is -2.72. The number of H-pyrrole nitrogens is 1. The number of nitrogens with one attached hydrogen (secondary N) is 1. The standard InChI is InChI=1S/C19H26B9ClFN5O/c20-15(16(21,22)9-5-10(30)13(29)32-7-9)14(36)35(19(27,28)18(25,26)17(15,23)24)12-6-11(33-34-12)8-1-3-31-4-2-8/h1-7H,20-28H2,(H,33,34). The Morgan fingerprint density at radius 2 is 1.61 bits per heavy atom. The number of amides is 1. The van der Waals surface area contributed by atoms with E-state index in [0.29, 0.717) is 11.4 Å². The van der Waals surface area contributed by atoms with E-state index in [1.165, 1.54) is 6.07 Å². The van der Waals surface area contributed by atoms with Gasteiger partial charge in [0.05, 0.1) is 37.1 Å². The summed E-state index contributed by atoms with van der Waals surface area (Å²) >= 11 is 5.90. The van der Waals surface area contributed by atoms with Crippen molar-refractivity contribution in [3.8, 4) is 11.3 Å². The summed E-state index contributed by atoms with van der Waals surface area (Å²) in [6.07, 6.45) is 5.00. The second-order valence-corrected chi connectivity index (χ2v) is 12.4. The second-order valence-electron chi connectivity index (χ2n) is 12.1. The molecule has 1 amide bonds. The van der Waals surface area contributed by atoms with Gasteiger partial charge in [0, 0.05) is 35.5 Å². The molecular weight excluding hydrogens is 466 g/mol. The molecule has 1 fully saturated rings. The first kappa shape index (κ1) is 26.8. The number of aromatic nitrogens is 4. The first-order chi connectivity index (χ1) is 16.5. The van der Waals surface area contributed by atoms with E-state index in [2.05, 4.69) is 67.2 Å². The van der Waals surface area contributed by atoms with Crippen molar-refractivity contribution in [2.45, 2.75) is 26.3 Å². The Morgan fingerprint density at radius 1 is 1.00 bits per heavy atom. The lowest BCUT2D eigenvalue weighted by Crippen LogP contribution is -2.76. The van der Waals surface area contributed by atoms with Crippen molar-refractivity contribution in [3.05, 3.63) is 59.4 Å². The molecule has 1 N–H and O–H groups in total. The number of rotatable bonds is 4. The summed E-state index contributed by atoms with van der Waals surface area (Å²) in [4.78, 5) is 24.8. The van der Waals surface area contributed by atoms with Gasteiger partial charge in [-0.3, -0.25) is 14.9 Å².